The van der Waals surface area contributed by atoms with Crippen molar-refractivity contribution in [1.82, 2.24) is 20.6 Å². The highest BCUT2D eigenvalue weighted by Crippen LogP contribution is 2.17. The van der Waals surface area contributed by atoms with Crippen LogP contribution in [0.5, 0.6) is 5.75 Å². The third kappa shape index (κ3) is 5.53. The summed E-state index contributed by atoms with van der Waals surface area (Å²) >= 11 is 0. The second kappa shape index (κ2) is 10.3. The van der Waals surface area contributed by atoms with Crippen LogP contribution in [0.3, 0.4) is 0 Å². The number of nitrogens with one attached hydrogen (secondary N) is 2. The van der Waals surface area contributed by atoms with Gasteiger partial charge >= 0.3 is 0 Å². The van der Waals surface area contributed by atoms with Crippen molar-refractivity contribution in [3.05, 3.63) is 113 Å². The maximum absolute atomic E-state index is 13.1. The van der Waals surface area contributed by atoms with Gasteiger partial charge in [-0.1, -0.05) is 55.1 Å². The molecule has 4 rings (SSSR count). The van der Waals surface area contributed by atoms with E-state index in [1.54, 1.807) is 48.5 Å². The van der Waals surface area contributed by atoms with E-state index in [9.17, 15) is 14.4 Å². The number of primary amides is 1. The number of hydrogen-bond donors (Lipinski definition) is 3. The van der Waals surface area contributed by atoms with E-state index in [-0.39, 0.29) is 24.4 Å². The summed E-state index contributed by atoms with van der Waals surface area (Å²) in [6.45, 7) is 3.94. The molecule has 176 valence electrons. The number of ether oxygens (including phenoxy) is 1. The first kappa shape index (κ1) is 23.2. The number of amides is 2. The molecule has 3 aromatic carbocycles. The van der Waals surface area contributed by atoms with Gasteiger partial charge in [0.05, 0.1) is 17.6 Å². The first-order valence-electron chi connectivity index (χ1n) is 10.7. The number of nitrogens with zero attached hydrogens (tertiary/aromatic N) is 2. The third-order valence-corrected chi connectivity index (χ3v) is 5.17. The number of aromatic nitrogens is 2. The molecule has 2 amide bonds. The Bertz CT molecular complexity index is 1450. The fourth-order valence-electron chi connectivity index (χ4n) is 3.44. The highest BCUT2D eigenvalue weighted by molar-refractivity contribution is 6.04. The Labute approximate surface area is 200 Å². The van der Waals surface area contributed by atoms with E-state index in [2.05, 4.69) is 22.5 Å². The fraction of sp³-hybridized carbons (Fsp3) is 0.0769. The van der Waals surface area contributed by atoms with Gasteiger partial charge in [-0.2, -0.15) is 5.10 Å². The van der Waals surface area contributed by atoms with Crippen LogP contribution in [-0.2, 0) is 11.3 Å². The minimum atomic E-state index is -0.570. The molecule has 0 saturated carbocycles. The van der Waals surface area contributed by atoms with Crippen molar-refractivity contribution in [2.75, 3.05) is 6.61 Å². The minimum Gasteiger partial charge on any atom is -0.484 e. The molecule has 9 heteroatoms. The minimum absolute atomic E-state index is 0.103. The Balaban J connectivity index is 1.52. The van der Waals surface area contributed by atoms with Gasteiger partial charge in [-0.25, -0.2) is 4.68 Å². The lowest BCUT2D eigenvalue weighted by Crippen LogP contribution is -2.38. The van der Waals surface area contributed by atoms with Crippen LogP contribution in [-0.4, -0.2) is 28.2 Å². The number of hydrazine groups is 1. The first-order chi connectivity index (χ1) is 16.9. The lowest BCUT2D eigenvalue weighted by molar-refractivity contribution is -0.119. The van der Waals surface area contributed by atoms with Gasteiger partial charge in [-0.15, -0.1) is 0 Å². The molecule has 0 aliphatic carbocycles. The number of hydrogen-bond acceptors (Lipinski definition) is 6. The number of carbonyl (C=O) groups excluding carboxylic acids is 2. The summed E-state index contributed by atoms with van der Waals surface area (Å²) in [4.78, 5) is 36.9. The molecule has 0 fully saturated rings. The summed E-state index contributed by atoms with van der Waals surface area (Å²) in [5, 5.41) is 5.20. The molecule has 0 aliphatic rings. The van der Waals surface area contributed by atoms with E-state index in [1.807, 2.05) is 30.3 Å². The first-order valence-corrected chi connectivity index (χ1v) is 10.7. The number of nitrogens with two attached hydrogens (primary N) is 1. The summed E-state index contributed by atoms with van der Waals surface area (Å²) in [6, 6.07) is 23.0. The topological polar surface area (TPSA) is 128 Å². The van der Waals surface area contributed by atoms with Gasteiger partial charge in [0.15, 0.2) is 12.3 Å². The lowest BCUT2D eigenvalue weighted by Gasteiger charge is -2.14. The van der Waals surface area contributed by atoms with Crippen molar-refractivity contribution in [3.8, 4) is 5.75 Å². The Morgan fingerprint density at radius 1 is 0.914 bits per heavy atom. The fourth-order valence-corrected chi connectivity index (χ4v) is 3.44. The van der Waals surface area contributed by atoms with Crippen LogP contribution >= 0.6 is 0 Å². The predicted molar refractivity (Wildman–Crippen MR) is 132 cm³/mol. The Morgan fingerprint density at radius 2 is 1.57 bits per heavy atom. The smallest absolute Gasteiger partial charge is 0.290 e. The number of rotatable bonds is 9. The average molecular weight is 470 g/mol. The molecule has 0 unspecified atom stereocenters. The summed E-state index contributed by atoms with van der Waals surface area (Å²) in [5.74, 6) is -0.620. The zero-order valence-corrected chi connectivity index (χ0v) is 18.7. The van der Waals surface area contributed by atoms with Gasteiger partial charge in [0, 0.05) is 5.39 Å². The van der Waals surface area contributed by atoms with E-state index in [4.69, 9.17) is 10.5 Å². The van der Waals surface area contributed by atoms with Gasteiger partial charge in [-0.05, 0) is 41.5 Å². The van der Waals surface area contributed by atoms with Gasteiger partial charge in [0.2, 0.25) is 0 Å². The van der Waals surface area contributed by atoms with Crippen molar-refractivity contribution in [2.24, 2.45) is 5.73 Å². The molecule has 1 heterocycles. The van der Waals surface area contributed by atoms with Crippen LogP contribution in [0.15, 0.2) is 90.2 Å². The summed E-state index contributed by atoms with van der Waals surface area (Å²) < 4.78 is 6.52. The molecule has 35 heavy (non-hydrogen) atoms. The summed E-state index contributed by atoms with van der Waals surface area (Å²) in [5.41, 5.74) is 12.3. The van der Waals surface area contributed by atoms with Crippen molar-refractivity contribution in [3.63, 3.8) is 0 Å². The zero-order valence-electron chi connectivity index (χ0n) is 18.7. The molecule has 1 aromatic heterocycles. The number of benzene rings is 3. The van der Waals surface area contributed by atoms with Crippen molar-refractivity contribution in [2.45, 2.75) is 6.54 Å². The molecule has 4 N–H and O–H groups in total. The molecule has 0 aliphatic heterocycles. The Kier molecular flexibility index (Phi) is 6.87. The van der Waals surface area contributed by atoms with Crippen LogP contribution in [0.2, 0.25) is 0 Å². The quantitative estimate of drug-likeness (QED) is 0.323. The Morgan fingerprint density at radius 3 is 2.26 bits per heavy atom. The maximum Gasteiger partial charge on any atom is 0.290 e. The van der Waals surface area contributed by atoms with Crippen molar-refractivity contribution in [1.29, 1.82) is 0 Å². The van der Waals surface area contributed by atoms with Crippen molar-refractivity contribution >= 4 is 28.3 Å². The largest absolute Gasteiger partial charge is 0.484 e. The van der Waals surface area contributed by atoms with E-state index >= 15 is 0 Å². The monoisotopic (exact) mass is 469 g/mol. The number of fused-ring (bicyclic) bond motifs is 1. The van der Waals surface area contributed by atoms with Crippen LogP contribution in [0.1, 0.15) is 21.6 Å². The van der Waals surface area contributed by atoms with E-state index in [0.29, 0.717) is 27.8 Å². The second-order valence-electron chi connectivity index (χ2n) is 7.68. The summed E-state index contributed by atoms with van der Waals surface area (Å²) in [7, 11) is 0. The molecule has 0 atom stereocenters. The average Bonchev–Trinajstić information content (AvgIpc) is 2.88. The lowest BCUT2D eigenvalue weighted by atomic mass is 10.1. The second-order valence-corrected chi connectivity index (χ2v) is 7.68. The van der Waals surface area contributed by atoms with Gasteiger partial charge in [0.25, 0.3) is 17.4 Å². The number of carbonyl (C=O) groups is 2. The maximum atomic E-state index is 13.1. The van der Waals surface area contributed by atoms with Crippen LogP contribution in [0.4, 0.5) is 0 Å². The molecule has 0 saturated heterocycles. The van der Waals surface area contributed by atoms with Gasteiger partial charge < -0.3 is 10.5 Å². The van der Waals surface area contributed by atoms with Crippen molar-refractivity contribution < 1.29 is 14.3 Å². The SMILES string of the molecule is C=C(NNC(=O)c1nn(Cc2ccccc2)c(=O)c2ccccc12)c1ccc(OCC(N)=O)cc1. The highest BCUT2D eigenvalue weighted by Gasteiger charge is 2.17. The third-order valence-electron chi connectivity index (χ3n) is 5.17. The van der Waals surface area contributed by atoms with E-state index in [0.717, 1.165) is 5.56 Å². The van der Waals surface area contributed by atoms with Gasteiger partial charge in [-0.3, -0.25) is 25.2 Å². The highest BCUT2D eigenvalue weighted by atomic mass is 16.5. The molecule has 9 nitrogen and oxygen atoms in total. The molecule has 4 aromatic rings. The van der Waals surface area contributed by atoms with Crippen LogP contribution in [0.25, 0.3) is 16.5 Å². The molecule has 0 radical (unpaired) electrons. The van der Waals surface area contributed by atoms with E-state index in [1.165, 1.54) is 4.68 Å². The predicted octanol–water partition coefficient (Wildman–Crippen LogP) is 2.21. The van der Waals surface area contributed by atoms with E-state index < -0.39 is 11.8 Å². The van der Waals surface area contributed by atoms with Gasteiger partial charge in [0.1, 0.15) is 5.75 Å². The standard InChI is InChI=1S/C26H23N5O4/c1-17(19-11-13-20(14-12-19)35-16-23(27)32)28-29-25(33)24-21-9-5-6-10-22(21)26(34)31(30-24)15-18-7-3-2-4-8-18/h2-14,28H,1,15-16H2,(H2,27,32)(H,29,33). The molecular formula is C26H23N5O4. The summed E-state index contributed by atoms with van der Waals surface area (Å²) in [6.07, 6.45) is 0. The zero-order chi connectivity index (χ0) is 24.8. The molecular weight excluding hydrogens is 446 g/mol. The molecule has 0 spiro atoms. The Hall–Kier alpha value is -4.92. The normalized spacial score (nSPS) is 10.5. The van der Waals surface area contributed by atoms with Crippen LogP contribution < -0.4 is 26.9 Å². The van der Waals surface area contributed by atoms with Crippen LogP contribution in [0, 0.1) is 0 Å². The molecule has 0 bridgehead atoms.